The fourth-order valence-electron chi connectivity index (χ4n) is 3.26. The molecule has 0 aliphatic carbocycles. The third-order valence-corrected chi connectivity index (χ3v) is 4.65. The normalized spacial score (nSPS) is 13.6. The van der Waals surface area contributed by atoms with Gasteiger partial charge in [0.05, 0.1) is 7.11 Å². The number of rotatable bonds is 6. The summed E-state index contributed by atoms with van der Waals surface area (Å²) in [6.07, 6.45) is 2.22. The van der Waals surface area contributed by atoms with Crippen molar-refractivity contribution in [3.8, 4) is 5.75 Å². The van der Waals surface area contributed by atoms with Crippen LogP contribution in [0.4, 0.5) is 16.2 Å². The van der Waals surface area contributed by atoms with E-state index >= 15 is 0 Å². The first-order valence-corrected chi connectivity index (χ1v) is 9.15. The van der Waals surface area contributed by atoms with E-state index in [0.29, 0.717) is 18.7 Å². The lowest BCUT2D eigenvalue weighted by Gasteiger charge is -2.19. The molecule has 0 spiro atoms. The Bertz CT molecular complexity index is 835. The molecule has 2 N–H and O–H groups in total. The Labute approximate surface area is 159 Å². The van der Waals surface area contributed by atoms with Gasteiger partial charge in [0.25, 0.3) is 0 Å². The van der Waals surface area contributed by atoms with E-state index in [9.17, 15) is 9.59 Å². The van der Waals surface area contributed by atoms with Crippen LogP contribution in [0.25, 0.3) is 0 Å². The number of anilines is 2. The van der Waals surface area contributed by atoms with Gasteiger partial charge in [-0.3, -0.25) is 4.79 Å². The SMILES string of the molecule is COc1cccc(CCNC(=O)Nc2ccc(N3CCCC3=O)c(C)c2)c1. The third kappa shape index (κ3) is 4.78. The lowest BCUT2D eigenvalue weighted by atomic mass is 10.1. The molecule has 3 rings (SSSR count). The molecule has 0 unspecified atom stereocenters. The second kappa shape index (κ2) is 8.58. The summed E-state index contributed by atoms with van der Waals surface area (Å²) in [5.74, 6) is 0.970. The highest BCUT2D eigenvalue weighted by molar-refractivity contribution is 5.96. The van der Waals surface area contributed by atoms with Gasteiger partial charge in [-0.05, 0) is 61.2 Å². The van der Waals surface area contributed by atoms with E-state index in [1.807, 2.05) is 54.3 Å². The number of amides is 3. The van der Waals surface area contributed by atoms with Crippen LogP contribution in [-0.2, 0) is 11.2 Å². The quantitative estimate of drug-likeness (QED) is 0.821. The molecule has 1 aliphatic heterocycles. The fourth-order valence-corrected chi connectivity index (χ4v) is 3.26. The van der Waals surface area contributed by atoms with Gasteiger partial charge in [0.15, 0.2) is 0 Å². The Morgan fingerprint density at radius 1 is 1.22 bits per heavy atom. The van der Waals surface area contributed by atoms with Gasteiger partial charge in [-0.1, -0.05) is 12.1 Å². The number of nitrogens with zero attached hydrogens (tertiary/aromatic N) is 1. The van der Waals surface area contributed by atoms with E-state index < -0.39 is 0 Å². The summed E-state index contributed by atoms with van der Waals surface area (Å²) in [5.41, 5.74) is 3.70. The summed E-state index contributed by atoms with van der Waals surface area (Å²) < 4.78 is 5.20. The van der Waals surface area contributed by atoms with Crippen LogP contribution in [0.2, 0.25) is 0 Å². The predicted octanol–water partition coefficient (Wildman–Crippen LogP) is 3.49. The number of nitrogens with one attached hydrogen (secondary N) is 2. The van der Waals surface area contributed by atoms with Crippen LogP contribution in [0.15, 0.2) is 42.5 Å². The number of carbonyl (C=O) groups is 2. The molecule has 2 aromatic carbocycles. The topological polar surface area (TPSA) is 70.7 Å². The van der Waals surface area contributed by atoms with Gasteiger partial charge in [0, 0.05) is 30.9 Å². The summed E-state index contributed by atoms with van der Waals surface area (Å²) in [7, 11) is 1.64. The standard InChI is InChI=1S/C21H25N3O3/c1-15-13-17(8-9-19(15)24-12-4-7-20(24)25)23-21(26)22-11-10-16-5-3-6-18(14-16)27-2/h3,5-6,8-9,13-14H,4,7,10-12H2,1-2H3,(H2,22,23,26). The number of carbonyl (C=O) groups excluding carboxylic acids is 2. The van der Waals surface area contributed by atoms with Crippen molar-refractivity contribution in [2.75, 3.05) is 30.4 Å². The largest absolute Gasteiger partial charge is 0.497 e. The molecule has 2 aromatic rings. The number of ether oxygens (including phenoxy) is 1. The Hall–Kier alpha value is -3.02. The zero-order chi connectivity index (χ0) is 19.2. The molecular weight excluding hydrogens is 342 g/mol. The second-order valence-electron chi connectivity index (χ2n) is 6.63. The van der Waals surface area contributed by atoms with Crippen LogP contribution in [-0.4, -0.2) is 32.1 Å². The lowest BCUT2D eigenvalue weighted by molar-refractivity contribution is -0.117. The smallest absolute Gasteiger partial charge is 0.319 e. The second-order valence-corrected chi connectivity index (χ2v) is 6.63. The third-order valence-electron chi connectivity index (χ3n) is 4.65. The van der Waals surface area contributed by atoms with Crippen molar-refractivity contribution in [1.29, 1.82) is 0 Å². The molecule has 1 heterocycles. The zero-order valence-electron chi connectivity index (χ0n) is 15.7. The number of hydrogen-bond acceptors (Lipinski definition) is 3. The minimum Gasteiger partial charge on any atom is -0.497 e. The highest BCUT2D eigenvalue weighted by atomic mass is 16.5. The number of urea groups is 1. The summed E-state index contributed by atoms with van der Waals surface area (Å²) in [5, 5.41) is 5.70. The minimum atomic E-state index is -0.248. The molecule has 1 aliphatic rings. The van der Waals surface area contributed by atoms with Crippen LogP contribution in [0.1, 0.15) is 24.0 Å². The number of benzene rings is 2. The van der Waals surface area contributed by atoms with Gasteiger partial charge in [0.2, 0.25) is 5.91 Å². The Kier molecular flexibility index (Phi) is 5.96. The van der Waals surface area contributed by atoms with Crippen molar-refractivity contribution in [1.82, 2.24) is 5.32 Å². The molecule has 142 valence electrons. The van der Waals surface area contributed by atoms with Crippen molar-refractivity contribution in [2.24, 2.45) is 0 Å². The van der Waals surface area contributed by atoms with E-state index in [2.05, 4.69) is 10.6 Å². The van der Waals surface area contributed by atoms with E-state index in [1.54, 1.807) is 7.11 Å². The van der Waals surface area contributed by atoms with E-state index in [1.165, 1.54) is 0 Å². The number of methoxy groups -OCH3 is 1. The maximum absolute atomic E-state index is 12.1. The first kappa shape index (κ1) is 18.8. The Morgan fingerprint density at radius 2 is 2.07 bits per heavy atom. The van der Waals surface area contributed by atoms with Gasteiger partial charge >= 0.3 is 6.03 Å². The maximum Gasteiger partial charge on any atom is 0.319 e. The van der Waals surface area contributed by atoms with Crippen LogP contribution in [0.5, 0.6) is 5.75 Å². The van der Waals surface area contributed by atoms with E-state index in [-0.39, 0.29) is 11.9 Å². The number of hydrogen-bond donors (Lipinski definition) is 2. The summed E-state index contributed by atoms with van der Waals surface area (Å²) in [6.45, 7) is 3.24. The Morgan fingerprint density at radius 3 is 2.78 bits per heavy atom. The average Bonchev–Trinajstić information content (AvgIpc) is 3.08. The highest BCUT2D eigenvalue weighted by Crippen LogP contribution is 2.27. The maximum atomic E-state index is 12.1. The molecule has 0 aromatic heterocycles. The van der Waals surface area contributed by atoms with Gasteiger partial charge in [0.1, 0.15) is 5.75 Å². The van der Waals surface area contributed by atoms with Crippen molar-refractivity contribution in [2.45, 2.75) is 26.2 Å². The van der Waals surface area contributed by atoms with Gasteiger partial charge < -0.3 is 20.3 Å². The predicted molar refractivity (Wildman–Crippen MR) is 106 cm³/mol. The first-order chi connectivity index (χ1) is 13.1. The van der Waals surface area contributed by atoms with Gasteiger partial charge in [-0.25, -0.2) is 4.79 Å². The molecular formula is C21H25N3O3. The summed E-state index contributed by atoms with van der Waals surface area (Å²) >= 11 is 0. The van der Waals surface area contributed by atoms with Crippen LogP contribution in [0.3, 0.4) is 0 Å². The molecule has 27 heavy (non-hydrogen) atoms. The van der Waals surface area contributed by atoms with Gasteiger partial charge in [-0.15, -0.1) is 0 Å². The Balaban J connectivity index is 1.51. The molecule has 0 bridgehead atoms. The molecule has 6 nitrogen and oxygen atoms in total. The monoisotopic (exact) mass is 367 g/mol. The van der Waals surface area contributed by atoms with Crippen molar-refractivity contribution in [3.05, 3.63) is 53.6 Å². The first-order valence-electron chi connectivity index (χ1n) is 9.15. The summed E-state index contributed by atoms with van der Waals surface area (Å²) in [4.78, 5) is 25.8. The van der Waals surface area contributed by atoms with Gasteiger partial charge in [-0.2, -0.15) is 0 Å². The summed E-state index contributed by atoms with van der Waals surface area (Å²) in [6, 6.07) is 13.2. The lowest BCUT2D eigenvalue weighted by Crippen LogP contribution is -2.30. The molecule has 0 atom stereocenters. The molecule has 0 radical (unpaired) electrons. The zero-order valence-corrected chi connectivity index (χ0v) is 15.7. The van der Waals surface area contributed by atoms with Crippen molar-refractivity contribution < 1.29 is 14.3 Å². The molecule has 1 saturated heterocycles. The van der Waals surface area contributed by atoms with Crippen molar-refractivity contribution >= 4 is 23.3 Å². The fraction of sp³-hybridized carbons (Fsp3) is 0.333. The minimum absolute atomic E-state index is 0.161. The van der Waals surface area contributed by atoms with Crippen LogP contribution in [0, 0.1) is 6.92 Å². The molecule has 1 fully saturated rings. The average molecular weight is 367 g/mol. The molecule has 6 heteroatoms. The molecule has 0 saturated carbocycles. The van der Waals surface area contributed by atoms with Crippen molar-refractivity contribution in [3.63, 3.8) is 0 Å². The van der Waals surface area contributed by atoms with E-state index in [0.717, 1.165) is 42.0 Å². The number of aryl methyl sites for hydroxylation is 1. The van der Waals surface area contributed by atoms with Crippen LogP contribution < -0.4 is 20.3 Å². The van der Waals surface area contributed by atoms with Crippen LogP contribution >= 0.6 is 0 Å². The molecule has 3 amide bonds. The van der Waals surface area contributed by atoms with E-state index in [4.69, 9.17) is 4.74 Å². The highest BCUT2D eigenvalue weighted by Gasteiger charge is 2.22.